The zero-order valence-electron chi connectivity index (χ0n) is 34.5. The Morgan fingerprint density at radius 2 is 0.828 bits per heavy atom. The minimum atomic E-state index is 0.859. The van der Waals surface area contributed by atoms with Gasteiger partial charge in [0.1, 0.15) is 11.2 Å². The highest BCUT2D eigenvalue weighted by molar-refractivity contribution is 7.26. The first-order valence-corrected chi connectivity index (χ1v) is 23.3. The smallest absolute Gasteiger partial charge is 0.145 e. The summed E-state index contributed by atoms with van der Waals surface area (Å²) in [5.41, 5.74) is 14.3. The fourth-order valence-corrected chi connectivity index (χ4v) is 12.0. The van der Waals surface area contributed by atoms with E-state index in [1.165, 1.54) is 62.6 Å². The number of rotatable bonds is 7. The third-order valence-electron chi connectivity index (χ3n) is 12.7. The predicted octanol–water partition coefficient (Wildman–Crippen LogP) is 18.5. The van der Waals surface area contributed by atoms with E-state index < -0.39 is 0 Å². The first-order valence-electron chi connectivity index (χ1n) is 21.7. The Hall–Kier alpha value is -7.76. The van der Waals surface area contributed by atoms with Crippen molar-refractivity contribution in [3.05, 3.63) is 224 Å². The largest absolute Gasteiger partial charge is 0.455 e. The normalized spacial score (nSPS) is 11.8. The summed E-state index contributed by atoms with van der Waals surface area (Å²) in [5.74, 6) is 0. The van der Waals surface area contributed by atoms with E-state index in [-0.39, 0.29) is 0 Å². The maximum absolute atomic E-state index is 7.17. The summed E-state index contributed by atoms with van der Waals surface area (Å²) < 4.78 is 12.2. The minimum absolute atomic E-state index is 0.859. The van der Waals surface area contributed by atoms with E-state index in [2.05, 4.69) is 229 Å². The molecule has 10 aromatic carbocycles. The van der Waals surface area contributed by atoms with Crippen molar-refractivity contribution in [1.29, 1.82) is 0 Å². The predicted molar refractivity (Wildman–Crippen MR) is 276 cm³/mol. The first-order chi connectivity index (χ1) is 31.7. The van der Waals surface area contributed by atoms with Crippen LogP contribution in [0.5, 0.6) is 0 Å². The Kier molecular flexibility index (Phi) is 8.61. The highest BCUT2D eigenvalue weighted by Gasteiger charge is 2.27. The number of thiophene rings is 2. The van der Waals surface area contributed by atoms with Gasteiger partial charge in [0.2, 0.25) is 0 Å². The van der Waals surface area contributed by atoms with Crippen molar-refractivity contribution < 1.29 is 4.42 Å². The molecule has 0 atom stereocenters. The number of furan rings is 1. The lowest BCUT2D eigenvalue weighted by molar-refractivity contribution is 0.670. The van der Waals surface area contributed by atoms with Crippen LogP contribution in [0.1, 0.15) is 0 Å². The summed E-state index contributed by atoms with van der Waals surface area (Å²) in [6.45, 7) is 0. The van der Waals surface area contributed by atoms with E-state index in [4.69, 9.17) is 4.42 Å². The molecular formula is C60H37NOS2. The second kappa shape index (κ2) is 15.0. The Bertz CT molecular complexity index is 3890. The molecule has 0 N–H and O–H groups in total. The van der Waals surface area contributed by atoms with Crippen LogP contribution in [0.3, 0.4) is 0 Å². The number of hydrogen-bond donors (Lipinski definition) is 0. The second-order valence-electron chi connectivity index (χ2n) is 16.4. The zero-order chi connectivity index (χ0) is 42.1. The first kappa shape index (κ1) is 36.9. The third kappa shape index (κ3) is 5.99. The molecule has 13 aromatic rings. The van der Waals surface area contributed by atoms with Gasteiger partial charge in [-0.3, -0.25) is 0 Å². The zero-order valence-corrected chi connectivity index (χ0v) is 36.2. The number of anilines is 3. The monoisotopic (exact) mass is 851 g/mol. The van der Waals surface area contributed by atoms with Crippen molar-refractivity contribution in [2.75, 3.05) is 4.90 Å². The molecule has 0 amide bonds. The minimum Gasteiger partial charge on any atom is -0.455 e. The van der Waals surface area contributed by atoms with Crippen molar-refractivity contribution in [3.8, 4) is 44.5 Å². The maximum Gasteiger partial charge on any atom is 0.145 e. The van der Waals surface area contributed by atoms with Crippen molar-refractivity contribution in [2.24, 2.45) is 0 Å². The number of fused-ring (bicyclic) bond motifs is 9. The fourth-order valence-electron chi connectivity index (χ4n) is 9.70. The van der Waals surface area contributed by atoms with E-state index in [9.17, 15) is 0 Å². The van der Waals surface area contributed by atoms with Crippen LogP contribution in [0.4, 0.5) is 17.1 Å². The van der Waals surface area contributed by atoms with Crippen LogP contribution in [0.15, 0.2) is 229 Å². The van der Waals surface area contributed by atoms with Crippen molar-refractivity contribution in [3.63, 3.8) is 0 Å². The molecule has 0 fully saturated rings. The van der Waals surface area contributed by atoms with E-state index in [1.807, 2.05) is 22.7 Å². The molecule has 13 rings (SSSR count). The molecule has 2 nitrogen and oxygen atoms in total. The molecule has 3 aromatic heterocycles. The van der Waals surface area contributed by atoms with Gasteiger partial charge < -0.3 is 9.32 Å². The summed E-state index contributed by atoms with van der Waals surface area (Å²) in [7, 11) is 0. The quantitative estimate of drug-likeness (QED) is 0.159. The number of hydrogen-bond acceptors (Lipinski definition) is 4. The molecule has 0 bridgehead atoms. The molecule has 0 radical (unpaired) electrons. The van der Waals surface area contributed by atoms with Crippen LogP contribution in [-0.2, 0) is 0 Å². The molecule has 4 heteroatoms. The molecule has 0 spiro atoms. The van der Waals surface area contributed by atoms with Gasteiger partial charge >= 0.3 is 0 Å². The van der Waals surface area contributed by atoms with Gasteiger partial charge in [-0.2, -0.15) is 0 Å². The molecule has 300 valence electrons. The summed E-state index contributed by atoms with van der Waals surface area (Å²) in [6, 6.07) is 81.6. The number of benzene rings is 10. The van der Waals surface area contributed by atoms with Crippen molar-refractivity contribution in [1.82, 2.24) is 0 Å². The molecule has 64 heavy (non-hydrogen) atoms. The van der Waals surface area contributed by atoms with E-state index in [0.29, 0.717) is 0 Å². The Labute approximate surface area is 378 Å². The Morgan fingerprint density at radius 1 is 0.297 bits per heavy atom. The fraction of sp³-hybridized carbons (Fsp3) is 0. The molecule has 0 aliphatic heterocycles. The Balaban J connectivity index is 1.18. The van der Waals surface area contributed by atoms with Gasteiger partial charge in [0, 0.05) is 51.3 Å². The molecule has 0 aliphatic carbocycles. The second-order valence-corrected chi connectivity index (χ2v) is 18.5. The van der Waals surface area contributed by atoms with Gasteiger partial charge in [-0.25, -0.2) is 0 Å². The highest BCUT2D eigenvalue weighted by atomic mass is 32.1. The lowest BCUT2D eigenvalue weighted by Gasteiger charge is -2.29. The topological polar surface area (TPSA) is 16.4 Å². The van der Waals surface area contributed by atoms with Crippen LogP contribution in [0, 0.1) is 0 Å². The van der Waals surface area contributed by atoms with Crippen LogP contribution in [0.25, 0.3) is 107 Å². The molecule has 0 unspecified atom stereocenters. The lowest BCUT2D eigenvalue weighted by atomic mass is 9.96. The SMILES string of the molecule is c1ccc(-c2ccc3c(c2)oc2c(-c4ccccc4)ccc(N(c4cccc5sc6ccccc6c45)c4cc(-c5ccccc5)cc5sc6cc(-c7ccccc7)ccc6c45)c23)cc1. The summed E-state index contributed by atoms with van der Waals surface area (Å²) in [4.78, 5) is 2.56. The van der Waals surface area contributed by atoms with E-state index in [1.54, 1.807) is 0 Å². The molecule has 3 heterocycles. The average Bonchev–Trinajstić information content (AvgIpc) is 4.06. The number of nitrogens with zero attached hydrogens (tertiary/aromatic N) is 1. The molecule has 0 saturated carbocycles. The lowest BCUT2D eigenvalue weighted by Crippen LogP contribution is -2.11. The van der Waals surface area contributed by atoms with Gasteiger partial charge in [0.05, 0.1) is 22.4 Å². The van der Waals surface area contributed by atoms with Gasteiger partial charge in [-0.1, -0.05) is 164 Å². The molecule has 0 saturated heterocycles. The average molecular weight is 852 g/mol. The maximum atomic E-state index is 7.17. The summed E-state index contributed by atoms with van der Waals surface area (Å²) >= 11 is 3.73. The summed E-state index contributed by atoms with van der Waals surface area (Å²) in [5, 5.41) is 7.12. The summed E-state index contributed by atoms with van der Waals surface area (Å²) in [6.07, 6.45) is 0. The van der Waals surface area contributed by atoms with Crippen molar-refractivity contribution in [2.45, 2.75) is 0 Å². The van der Waals surface area contributed by atoms with Crippen molar-refractivity contribution >= 4 is 102 Å². The van der Waals surface area contributed by atoms with Gasteiger partial charge in [-0.05, 0) is 99.6 Å². The van der Waals surface area contributed by atoms with E-state index in [0.717, 1.165) is 61.3 Å². The highest BCUT2D eigenvalue weighted by Crippen LogP contribution is 2.54. The Morgan fingerprint density at radius 3 is 1.55 bits per heavy atom. The standard InChI is InChI=1S/C60H37NOS2/c1-5-16-38(17-6-1)42-28-30-46-52(35-42)62-60-45(41-22-11-4-12-23-41)32-33-50(59(46)60)61(49-25-15-27-54-57(49)47-24-13-14-26-53(47)63-54)51-34-44(40-20-9-3-10-21-40)37-56-58(51)48-31-29-43(36-55(48)64-56)39-18-7-2-8-19-39/h1-37H. The third-order valence-corrected chi connectivity index (χ3v) is 14.9. The van der Waals surface area contributed by atoms with Crippen LogP contribution in [-0.4, -0.2) is 0 Å². The van der Waals surface area contributed by atoms with Gasteiger partial charge in [0.15, 0.2) is 0 Å². The van der Waals surface area contributed by atoms with Crippen LogP contribution in [0.2, 0.25) is 0 Å². The van der Waals surface area contributed by atoms with E-state index >= 15 is 0 Å². The van der Waals surface area contributed by atoms with Crippen LogP contribution >= 0.6 is 22.7 Å². The molecular weight excluding hydrogens is 815 g/mol. The van der Waals surface area contributed by atoms with Crippen LogP contribution < -0.4 is 4.90 Å². The van der Waals surface area contributed by atoms with Gasteiger partial charge in [-0.15, -0.1) is 22.7 Å². The molecule has 0 aliphatic rings. The van der Waals surface area contributed by atoms with Gasteiger partial charge in [0.25, 0.3) is 0 Å².